The fourth-order valence-corrected chi connectivity index (χ4v) is 4.07. The van der Waals surface area contributed by atoms with Crippen LogP contribution in [-0.2, 0) is 11.2 Å². The molecule has 1 aliphatic rings. The smallest absolute Gasteiger partial charge is 0.260 e. The van der Waals surface area contributed by atoms with E-state index in [0.717, 1.165) is 27.9 Å². The van der Waals surface area contributed by atoms with Gasteiger partial charge < -0.3 is 15.4 Å². The number of hydrogen-bond donors (Lipinski definition) is 2. The highest BCUT2D eigenvalue weighted by molar-refractivity contribution is 9.10. The third-order valence-corrected chi connectivity index (χ3v) is 5.65. The average molecular weight is 445 g/mol. The van der Waals surface area contributed by atoms with Crippen molar-refractivity contribution in [3.8, 4) is 5.75 Å². The summed E-state index contributed by atoms with van der Waals surface area (Å²) >= 11 is 4.97. The Morgan fingerprint density at radius 1 is 1.30 bits per heavy atom. The number of hydrogen-bond acceptors (Lipinski definition) is 4. The van der Waals surface area contributed by atoms with Crippen molar-refractivity contribution in [3.05, 3.63) is 75.6 Å². The van der Waals surface area contributed by atoms with E-state index in [0.29, 0.717) is 11.5 Å². The summed E-state index contributed by atoms with van der Waals surface area (Å²) in [6.45, 7) is 6.22. The third kappa shape index (κ3) is 5.17. The molecule has 140 valence electrons. The monoisotopic (exact) mass is 444 g/mol. The van der Waals surface area contributed by atoms with E-state index in [1.165, 1.54) is 17.3 Å². The highest BCUT2D eigenvalue weighted by Gasteiger charge is 2.27. The zero-order valence-corrected chi connectivity index (χ0v) is 17.4. The first-order valence-corrected chi connectivity index (χ1v) is 10.3. The van der Waals surface area contributed by atoms with Crippen LogP contribution in [0.3, 0.4) is 0 Å². The van der Waals surface area contributed by atoms with Gasteiger partial charge in [0.25, 0.3) is 5.91 Å². The summed E-state index contributed by atoms with van der Waals surface area (Å²) in [7, 11) is 0. The van der Waals surface area contributed by atoms with Crippen molar-refractivity contribution in [1.29, 1.82) is 0 Å². The van der Waals surface area contributed by atoms with Crippen LogP contribution in [0.15, 0.2) is 64.5 Å². The zero-order chi connectivity index (χ0) is 19.2. The van der Waals surface area contributed by atoms with Crippen molar-refractivity contribution < 1.29 is 9.53 Å². The Bertz CT molecular complexity index is 865. The molecule has 2 aromatic rings. The number of benzene rings is 2. The van der Waals surface area contributed by atoms with Crippen LogP contribution in [0.1, 0.15) is 18.1 Å². The van der Waals surface area contributed by atoms with E-state index in [-0.39, 0.29) is 11.4 Å². The van der Waals surface area contributed by atoms with Gasteiger partial charge in [-0.15, -0.1) is 0 Å². The Hall–Kier alpha value is -2.18. The van der Waals surface area contributed by atoms with Gasteiger partial charge in [-0.1, -0.05) is 49.5 Å². The molecule has 2 aromatic carbocycles. The normalized spacial score (nSPS) is 17.6. The van der Waals surface area contributed by atoms with Crippen molar-refractivity contribution in [1.82, 2.24) is 5.32 Å². The van der Waals surface area contributed by atoms with Crippen molar-refractivity contribution in [2.24, 2.45) is 0 Å². The number of thioether (sulfide) groups is 1. The van der Waals surface area contributed by atoms with Gasteiger partial charge in [-0.05, 0) is 63.8 Å². The Kier molecular flexibility index (Phi) is 6.63. The molecular weight excluding hydrogens is 424 g/mol. The van der Waals surface area contributed by atoms with Crippen LogP contribution in [-0.4, -0.2) is 18.0 Å². The molecule has 2 N–H and O–H groups in total. The lowest BCUT2D eigenvalue weighted by Crippen LogP contribution is -2.30. The van der Waals surface area contributed by atoms with Crippen molar-refractivity contribution in [3.63, 3.8) is 0 Å². The maximum Gasteiger partial charge on any atom is 0.260 e. The molecule has 1 fully saturated rings. The molecule has 1 aliphatic heterocycles. The molecule has 0 radical (unpaired) electrons. The summed E-state index contributed by atoms with van der Waals surface area (Å²) in [5.74, 6) is 0.668. The standard InChI is InChI=1S/C21H21BrN2O2S/c1-3-11-26-18-10-7-15(12-17(18)22)13-19-20(25)24-21(27-19)23-16-8-5-14(4-2)6-9-16/h3,5-10,12-13,21,23H,1,4,11H2,2H3,(H,24,25). The first kappa shape index (κ1) is 19.6. The molecule has 3 rings (SSSR count). The van der Waals surface area contributed by atoms with Crippen molar-refractivity contribution in [2.75, 3.05) is 11.9 Å². The lowest BCUT2D eigenvalue weighted by atomic mass is 10.1. The first-order chi connectivity index (χ1) is 13.1. The van der Waals surface area contributed by atoms with E-state index < -0.39 is 0 Å². The van der Waals surface area contributed by atoms with Crippen LogP contribution >= 0.6 is 27.7 Å². The molecule has 1 amide bonds. The van der Waals surface area contributed by atoms with E-state index in [9.17, 15) is 4.79 Å². The highest BCUT2D eigenvalue weighted by atomic mass is 79.9. The van der Waals surface area contributed by atoms with Crippen LogP contribution in [0, 0.1) is 0 Å². The van der Waals surface area contributed by atoms with E-state index in [1.807, 2.05) is 36.4 Å². The average Bonchev–Trinajstić information content (AvgIpc) is 3.00. The number of rotatable bonds is 7. The lowest BCUT2D eigenvalue weighted by Gasteiger charge is -2.12. The second-order valence-corrected chi connectivity index (χ2v) is 7.97. The second kappa shape index (κ2) is 9.15. The highest BCUT2D eigenvalue weighted by Crippen LogP contribution is 2.32. The topological polar surface area (TPSA) is 50.4 Å². The predicted molar refractivity (Wildman–Crippen MR) is 117 cm³/mol. The predicted octanol–water partition coefficient (Wildman–Crippen LogP) is 5.18. The Morgan fingerprint density at radius 3 is 2.74 bits per heavy atom. The SMILES string of the molecule is C=CCOc1ccc(C=C2SC(Nc3ccc(CC)cc3)NC2=O)cc1Br. The Labute approximate surface area is 172 Å². The molecule has 1 atom stereocenters. The van der Waals surface area contributed by atoms with E-state index in [4.69, 9.17) is 4.74 Å². The third-order valence-electron chi connectivity index (χ3n) is 4.00. The molecule has 6 heteroatoms. The number of ether oxygens (including phenoxy) is 1. The van der Waals surface area contributed by atoms with E-state index in [1.54, 1.807) is 6.08 Å². The van der Waals surface area contributed by atoms with Crippen molar-refractivity contribution >= 4 is 45.4 Å². The van der Waals surface area contributed by atoms with Gasteiger partial charge in [0.05, 0.1) is 9.38 Å². The molecule has 4 nitrogen and oxygen atoms in total. The van der Waals surface area contributed by atoms with Crippen molar-refractivity contribution in [2.45, 2.75) is 18.8 Å². The number of nitrogens with one attached hydrogen (secondary N) is 2. The molecule has 0 saturated carbocycles. The van der Waals surface area contributed by atoms with Gasteiger partial charge in [-0.3, -0.25) is 4.79 Å². The number of aryl methyl sites for hydroxylation is 1. The molecule has 0 aromatic heterocycles. The van der Waals surface area contributed by atoms with Gasteiger partial charge in [0.1, 0.15) is 12.4 Å². The number of anilines is 1. The molecule has 0 aliphatic carbocycles. The lowest BCUT2D eigenvalue weighted by molar-refractivity contribution is -0.116. The summed E-state index contributed by atoms with van der Waals surface area (Å²) in [5.41, 5.74) is 3.02. The molecule has 1 saturated heterocycles. The summed E-state index contributed by atoms with van der Waals surface area (Å²) in [5, 5.41) is 6.29. The van der Waals surface area contributed by atoms with Crippen LogP contribution in [0.2, 0.25) is 0 Å². The number of amides is 1. The molecule has 27 heavy (non-hydrogen) atoms. The minimum absolute atomic E-state index is 0.0780. The second-order valence-electron chi connectivity index (χ2n) is 5.96. The Morgan fingerprint density at radius 2 is 2.07 bits per heavy atom. The van der Waals surface area contributed by atoms with E-state index in [2.05, 4.69) is 52.2 Å². The fraction of sp³-hybridized carbons (Fsp3) is 0.190. The minimum atomic E-state index is -0.185. The molecule has 0 spiro atoms. The van der Waals surface area contributed by atoms with E-state index >= 15 is 0 Å². The van der Waals surface area contributed by atoms with Gasteiger partial charge in [0.2, 0.25) is 0 Å². The van der Waals surface area contributed by atoms with Gasteiger partial charge in [0.15, 0.2) is 5.50 Å². The van der Waals surface area contributed by atoms with Gasteiger partial charge in [-0.2, -0.15) is 0 Å². The largest absolute Gasteiger partial charge is 0.488 e. The summed E-state index contributed by atoms with van der Waals surface area (Å²) < 4.78 is 6.39. The quantitative estimate of drug-likeness (QED) is 0.456. The Balaban J connectivity index is 1.67. The fourth-order valence-electron chi connectivity index (χ4n) is 2.58. The van der Waals surface area contributed by atoms with Crippen LogP contribution in [0.25, 0.3) is 6.08 Å². The molecular formula is C21H21BrN2O2S. The summed E-state index contributed by atoms with van der Waals surface area (Å²) in [6.07, 6.45) is 4.59. The van der Waals surface area contributed by atoms with Crippen LogP contribution in [0.5, 0.6) is 5.75 Å². The zero-order valence-electron chi connectivity index (χ0n) is 15.0. The summed E-state index contributed by atoms with van der Waals surface area (Å²) in [4.78, 5) is 13.0. The van der Waals surface area contributed by atoms with Crippen LogP contribution < -0.4 is 15.4 Å². The molecule has 1 heterocycles. The molecule has 0 bridgehead atoms. The first-order valence-electron chi connectivity index (χ1n) is 8.67. The maximum atomic E-state index is 12.3. The summed E-state index contributed by atoms with van der Waals surface area (Å²) in [6, 6.07) is 14.0. The number of carbonyl (C=O) groups is 1. The van der Waals surface area contributed by atoms with Crippen LogP contribution in [0.4, 0.5) is 5.69 Å². The minimum Gasteiger partial charge on any atom is -0.488 e. The maximum absolute atomic E-state index is 12.3. The number of halogens is 1. The molecule has 1 unspecified atom stereocenters. The van der Waals surface area contributed by atoms with Gasteiger partial charge in [-0.25, -0.2) is 0 Å². The van der Waals surface area contributed by atoms with Gasteiger partial charge in [0, 0.05) is 5.69 Å². The number of carbonyl (C=O) groups excluding carboxylic acids is 1. The van der Waals surface area contributed by atoms with Gasteiger partial charge >= 0.3 is 0 Å².